The maximum absolute atomic E-state index is 5.83. The summed E-state index contributed by atoms with van der Waals surface area (Å²) in [7, 11) is 0. The summed E-state index contributed by atoms with van der Waals surface area (Å²) in [6.45, 7) is 5.13. The van der Waals surface area contributed by atoms with Crippen molar-refractivity contribution in [1.82, 2.24) is 19.9 Å². The van der Waals surface area contributed by atoms with Crippen LogP contribution in [0.3, 0.4) is 0 Å². The van der Waals surface area contributed by atoms with Crippen molar-refractivity contribution in [3.05, 3.63) is 54.9 Å². The lowest BCUT2D eigenvalue weighted by atomic mass is 10.2. The fourth-order valence-corrected chi connectivity index (χ4v) is 3.04. The molecule has 0 spiro atoms. The number of H-pyrrole nitrogens is 1. The first-order valence-corrected chi connectivity index (χ1v) is 8.39. The molecule has 7 heteroatoms. The van der Waals surface area contributed by atoms with Gasteiger partial charge >= 0.3 is 0 Å². The number of nitrogens with zero attached hydrogens (tertiary/aromatic N) is 5. The summed E-state index contributed by atoms with van der Waals surface area (Å²) in [6.07, 6.45) is 7.15. The van der Waals surface area contributed by atoms with Crippen molar-refractivity contribution in [1.29, 1.82) is 0 Å². The minimum Gasteiger partial charge on any atom is -0.490 e. The second-order valence-corrected chi connectivity index (χ2v) is 5.78. The van der Waals surface area contributed by atoms with Crippen molar-refractivity contribution in [2.24, 2.45) is 0 Å². The number of nitrogens with one attached hydrogen (secondary N) is 1. The highest BCUT2D eigenvalue weighted by Crippen LogP contribution is 2.37. The Balaban J connectivity index is 1.67. The summed E-state index contributed by atoms with van der Waals surface area (Å²) in [6, 6.07) is 8.04. The minimum absolute atomic E-state index is 0.677. The van der Waals surface area contributed by atoms with Crippen LogP contribution in [0.4, 0.5) is 17.3 Å². The van der Waals surface area contributed by atoms with Gasteiger partial charge < -0.3 is 19.5 Å². The average molecular weight is 336 g/mol. The molecule has 25 heavy (non-hydrogen) atoms. The molecule has 0 unspecified atom stereocenters. The number of hydrogen-bond donors (Lipinski definition) is 1. The minimum atomic E-state index is 0.677. The van der Waals surface area contributed by atoms with Crippen molar-refractivity contribution in [2.75, 3.05) is 29.5 Å². The number of aromatic nitrogens is 4. The number of hydrogen-bond acceptors (Lipinski definition) is 6. The normalized spacial score (nSPS) is 13.2. The number of benzene rings is 1. The Bertz CT molecular complexity index is 821. The van der Waals surface area contributed by atoms with Crippen LogP contribution >= 0.6 is 0 Å². The number of rotatable bonds is 5. The van der Waals surface area contributed by atoms with Crippen LogP contribution in [0.2, 0.25) is 0 Å². The van der Waals surface area contributed by atoms with Gasteiger partial charge in [0.1, 0.15) is 12.4 Å². The maximum Gasteiger partial charge on any atom is 0.229 e. The van der Waals surface area contributed by atoms with Crippen LogP contribution in [0.1, 0.15) is 12.6 Å². The SMILES string of the molecule is CCN(c1ccc2c(c1)N(Cc1c[nH]cn1)CCO2)c1ncccn1. The molecule has 0 aliphatic carbocycles. The van der Waals surface area contributed by atoms with Crippen molar-refractivity contribution in [2.45, 2.75) is 13.5 Å². The molecule has 1 aliphatic rings. The van der Waals surface area contributed by atoms with Gasteiger partial charge in [-0.25, -0.2) is 15.0 Å². The van der Waals surface area contributed by atoms with E-state index < -0.39 is 0 Å². The smallest absolute Gasteiger partial charge is 0.229 e. The van der Waals surface area contributed by atoms with Crippen molar-refractivity contribution < 1.29 is 4.74 Å². The first-order valence-electron chi connectivity index (χ1n) is 8.39. The number of fused-ring (bicyclic) bond motifs is 1. The number of ether oxygens (including phenoxy) is 1. The maximum atomic E-state index is 5.83. The molecule has 7 nitrogen and oxygen atoms in total. The van der Waals surface area contributed by atoms with Gasteiger partial charge in [0.2, 0.25) is 5.95 Å². The molecule has 0 atom stereocenters. The van der Waals surface area contributed by atoms with Crippen molar-refractivity contribution in [3.63, 3.8) is 0 Å². The zero-order valence-corrected chi connectivity index (χ0v) is 14.1. The molecule has 0 amide bonds. The van der Waals surface area contributed by atoms with Crippen molar-refractivity contribution >= 4 is 17.3 Å². The van der Waals surface area contributed by atoms with Gasteiger partial charge in [-0.05, 0) is 31.2 Å². The summed E-state index contributed by atoms with van der Waals surface area (Å²) in [5.74, 6) is 1.59. The van der Waals surface area contributed by atoms with E-state index >= 15 is 0 Å². The molecule has 3 heterocycles. The Morgan fingerprint density at radius 2 is 2.12 bits per heavy atom. The monoisotopic (exact) mass is 336 g/mol. The molecule has 128 valence electrons. The second kappa shape index (κ2) is 6.80. The van der Waals surface area contributed by atoms with E-state index in [1.54, 1.807) is 18.7 Å². The molecule has 1 aliphatic heterocycles. The Morgan fingerprint density at radius 1 is 1.24 bits per heavy atom. The summed E-state index contributed by atoms with van der Waals surface area (Å²) < 4.78 is 5.83. The van der Waals surface area contributed by atoms with Crippen LogP contribution in [0.25, 0.3) is 0 Å². The first kappa shape index (κ1) is 15.4. The predicted molar refractivity (Wildman–Crippen MR) is 96.3 cm³/mol. The van der Waals surface area contributed by atoms with E-state index in [1.807, 2.05) is 18.3 Å². The molecule has 1 aromatic carbocycles. The fraction of sp³-hybridized carbons (Fsp3) is 0.278. The molecule has 2 aromatic heterocycles. The molecule has 0 radical (unpaired) electrons. The van der Waals surface area contributed by atoms with Crippen LogP contribution < -0.4 is 14.5 Å². The van der Waals surface area contributed by atoms with Gasteiger partial charge in [-0.15, -0.1) is 0 Å². The van der Waals surface area contributed by atoms with Crippen molar-refractivity contribution in [3.8, 4) is 5.75 Å². The molecule has 0 fully saturated rings. The van der Waals surface area contributed by atoms with Crippen LogP contribution in [0.15, 0.2) is 49.2 Å². The molecule has 1 N–H and O–H groups in total. The van der Waals surface area contributed by atoms with Crippen LogP contribution in [-0.4, -0.2) is 39.6 Å². The lowest BCUT2D eigenvalue weighted by Gasteiger charge is -2.32. The Hall–Kier alpha value is -3.09. The third-order valence-electron chi connectivity index (χ3n) is 4.23. The predicted octanol–water partition coefficient (Wildman–Crippen LogP) is 2.76. The zero-order chi connectivity index (χ0) is 17.1. The van der Waals surface area contributed by atoms with Crippen LogP contribution in [0.5, 0.6) is 5.75 Å². The lowest BCUT2D eigenvalue weighted by molar-refractivity contribution is 0.306. The summed E-state index contributed by atoms with van der Waals surface area (Å²) in [5, 5.41) is 0. The topological polar surface area (TPSA) is 70.2 Å². The zero-order valence-electron chi connectivity index (χ0n) is 14.1. The largest absolute Gasteiger partial charge is 0.490 e. The number of imidazole rings is 1. The van der Waals surface area contributed by atoms with E-state index in [1.165, 1.54) is 0 Å². The van der Waals surface area contributed by atoms with E-state index in [-0.39, 0.29) is 0 Å². The van der Waals surface area contributed by atoms with Gasteiger partial charge in [0, 0.05) is 30.8 Å². The van der Waals surface area contributed by atoms with Gasteiger partial charge in [-0.1, -0.05) is 0 Å². The number of anilines is 3. The molecule has 3 aromatic rings. The highest BCUT2D eigenvalue weighted by Gasteiger charge is 2.21. The Morgan fingerprint density at radius 3 is 2.88 bits per heavy atom. The van der Waals surface area contributed by atoms with Gasteiger partial charge in [0.15, 0.2) is 0 Å². The Labute approximate surface area is 146 Å². The highest BCUT2D eigenvalue weighted by molar-refractivity contribution is 5.70. The number of aromatic amines is 1. The average Bonchev–Trinajstić information content (AvgIpc) is 3.17. The van der Waals surface area contributed by atoms with E-state index in [0.717, 1.165) is 42.5 Å². The van der Waals surface area contributed by atoms with Gasteiger partial charge in [0.05, 0.1) is 30.8 Å². The molecular weight excluding hydrogens is 316 g/mol. The molecule has 0 saturated carbocycles. The summed E-state index contributed by atoms with van der Waals surface area (Å²) >= 11 is 0. The Kier molecular flexibility index (Phi) is 4.20. The first-order chi connectivity index (χ1) is 12.3. The summed E-state index contributed by atoms with van der Waals surface area (Å²) in [5.41, 5.74) is 3.13. The molecule has 0 bridgehead atoms. The highest BCUT2D eigenvalue weighted by atomic mass is 16.5. The third-order valence-corrected chi connectivity index (χ3v) is 4.23. The second-order valence-electron chi connectivity index (χ2n) is 5.78. The van der Waals surface area contributed by atoms with E-state index in [9.17, 15) is 0 Å². The summed E-state index contributed by atoms with van der Waals surface area (Å²) in [4.78, 5) is 20.5. The van der Waals surface area contributed by atoms with Gasteiger partial charge in [-0.3, -0.25) is 0 Å². The van der Waals surface area contributed by atoms with Crippen LogP contribution in [0, 0.1) is 0 Å². The fourth-order valence-electron chi connectivity index (χ4n) is 3.04. The van der Waals surface area contributed by atoms with Gasteiger partial charge in [0.25, 0.3) is 0 Å². The van der Waals surface area contributed by atoms with E-state index in [4.69, 9.17) is 4.74 Å². The molecular formula is C18H20N6O. The third kappa shape index (κ3) is 3.13. The quantitative estimate of drug-likeness (QED) is 0.772. The molecule has 0 saturated heterocycles. The standard InChI is InChI=1S/C18H20N6O/c1-2-24(18-20-6-3-7-21-18)15-4-5-17-16(10-15)23(8-9-25-17)12-14-11-19-13-22-14/h3-7,10-11,13H,2,8-9,12H2,1H3,(H,19,22). The lowest BCUT2D eigenvalue weighted by Crippen LogP contribution is -2.32. The molecule has 4 rings (SSSR count). The van der Waals surface area contributed by atoms with E-state index in [2.05, 4.69) is 48.8 Å². The van der Waals surface area contributed by atoms with Gasteiger partial charge in [-0.2, -0.15) is 0 Å². The van der Waals surface area contributed by atoms with E-state index in [0.29, 0.717) is 12.6 Å². The van der Waals surface area contributed by atoms with Crippen LogP contribution in [-0.2, 0) is 6.54 Å².